The molecule has 4 aromatic heterocycles. The van der Waals surface area contributed by atoms with Gasteiger partial charge in [0, 0.05) is 23.5 Å². The van der Waals surface area contributed by atoms with E-state index in [9.17, 15) is 0 Å². The van der Waals surface area contributed by atoms with Crippen LogP contribution in [0.1, 0.15) is 57.6 Å². The quantitative estimate of drug-likeness (QED) is 0.464. The largest absolute Gasteiger partial charge is 0.382 e. The first-order valence-electron chi connectivity index (χ1n) is 11.5. The van der Waals surface area contributed by atoms with E-state index in [4.69, 9.17) is 15.0 Å². The summed E-state index contributed by atoms with van der Waals surface area (Å²) >= 11 is 0. The van der Waals surface area contributed by atoms with Crippen LogP contribution in [0.4, 0.5) is 5.69 Å². The number of rotatable bonds is 5. The highest BCUT2D eigenvalue weighted by Crippen LogP contribution is 2.33. The lowest BCUT2D eigenvalue weighted by Crippen LogP contribution is -2.13. The van der Waals surface area contributed by atoms with E-state index in [0.717, 1.165) is 33.8 Å². The normalized spacial score (nSPS) is 13.9. The highest BCUT2D eigenvalue weighted by Gasteiger charge is 2.19. The number of anilines is 1. The number of carbonyl (C=O) groups is 1. The lowest BCUT2D eigenvalue weighted by atomic mass is 9.96. The number of fused-ring (bicyclic) bond motifs is 1. The van der Waals surface area contributed by atoms with Gasteiger partial charge in [0.25, 0.3) is 0 Å². The average molecular weight is 457 g/mol. The van der Waals surface area contributed by atoms with Gasteiger partial charge in [-0.3, -0.25) is 4.98 Å². The summed E-state index contributed by atoms with van der Waals surface area (Å²) in [5, 5.41) is 26.0. The first-order valence-corrected chi connectivity index (χ1v) is 11.5. The van der Waals surface area contributed by atoms with Crippen LogP contribution in [-0.4, -0.2) is 42.4 Å². The number of nitrogens with zero attached hydrogens (tertiary/aromatic N) is 7. The number of hydrogen-bond donors (Lipinski definition) is 1. The minimum atomic E-state index is 0.248. The van der Waals surface area contributed by atoms with Crippen LogP contribution in [0, 0.1) is 11.3 Å². The predicted molar refractivity (Wildman–Crippen MR) is 130 cm³/mol. The van der Waals surface area contributed by atoms with Crippen molar-refractivity contribution in [2.45, 2.75) is 58.0 Å². The minimum Gasteiger partial charge on any atom is -0.382 e. The Morgan fingerprint density at radius 2 is 1.91 bits per heavy atom. The van der Waals surface area contributed by atoms with Gasteiger partial charge in [-0.05, 0) is 51.0 Å². The standard InChI is InChI=1S/C24H26N8.CH2O/c1-16(2)28-21-11-22(24-9-8-19-10-17(12-25)13-27-32(19)24)26-14-20(21)23-15-31(30-29-23)18-6-4-3-5-7-18;1-2/h8-11,13-16,18H,3-7H2,1-2H3,(H,26,28);1H2. The Bertz CT molecular complexity index is 1310. The molecule has 9 heteroatoms. The Kier molecular flexibility index (Phi) is 6.97. The summed E-state index contributed by atoms with van der Waals surface area (Å²) < 4.78 is 3.83. The van der Waals surface area contributed by atoms with Crippen molar-refractivity contribution in [3.63, 3.8) is 0 Å². The molecule has 1 aliphatic carbocycles. The van der Waals surface area contributed by atoms with Gasteiger partial charge in [-0.15, -0.1) is 5.10 Å². The highest BCUT2D eigenvalue weighted by molar-refractivity contribution is 5.78. The molecule has 4 heterocycles. The molecule has 1 aliphatic rings. The Morgan fingerprint density at radius 1 is 1.12 bits per heavy atom. The van der Waals surface area contributed by atoms with E-state index >= 15 is 0 Å². The molecule has 9 nitrogen and oxygen atoms in total. The summed E-state index contributed by atoms with van der Waals surface area (Å²) in [5.41, 5.74) is 5.79. The summed E-state index contributed by atoms with van der Waals surface area (Å²) in [6.07, 6.45) is 11.6. The zero-order chi connectivity index (χ0) is 24.1. The summed E-state index contributed by atoms with van der Waals surface area (Å²) in [6, 6.07) is 10.6. The summed E-state index contributed by atoms with van der Waals surface area (Å²) in [7, 11) is 0. The van der Waals surface area contributed by atoms with E-state index in [2.05, 4.69) is 46.8 Å². The van der Waals surface area contributed by atoms with Crippen molar-refractivity contribution in [1.82, 2.24) is 29.6 Å². The fourth-order valence-electron chi connectivity index (χ4n) is 4.41. The topological polar surface area (TPSA) is 114 Å². The van der Waals surface area contributed by atoms with Crippen LogP contribution in [0.15, 0.2) is 42.9 Å². The molecule has 4 aromatic rings. The Balaban J connectivity index is 0.00000133. The Labute approximate surface area is 198 Å². The van der Waals surface area contributed by atoms with E-state index < -0.39 is 0 Å². The van der Waals surface area contributed by atoms with Crippen molar-refractivity contribution in [3.8, 4) is 28.7 Å². The van der Waals surface area contributed by atoms with Gasteiger partial charge in [0.05, 0.1) is 40.9 Å². The molecule has 34 heavy (non-hydrogen) atoms. The zero-order valence-electron chi connectivity index (χ0n) is 19.5. The first kappa shape index (κ1) is 23.1. The van der Waals surface area contributed by atoms with E-state index in [1.54, 1.807) is 10.7 Å². The van der Waals surface area contributed by atoms with Gasteiger partial charge >= 0.3 is 0 Å². The molecule has 0 aliphatic heterocycles. The summed E-state index contributed by atoms with van der Waals surface area (Å²) in [4.78, 5) is 12.7. The van der Waals surface area contributed by atoms with E-state index in [0.29, 0.717) is 11.6 Å². The van der Waals surface area contributed by atoms with Gasteiger partial charge in [-0.25, -0.2) is 9.20 Å². The highest BCUT2D eigenvalue weighted by atomic mass is 16.1. The molecule has 174 valence electrons. The molecule has 0 spiro atoms. The Morgan fingerprint density at radius 3 is 2.65 bits per heavy atom. The second kappa shape index (κ2) is 10.3. The molecule has 0 atom stereocenters. The lowest BCUT2D eigenvalue weighted by Gasteiger charge is -2.21. The maximum Gasteiger partial charge on any atom is 0.116 e. The maximum absolute atomic E-state index is 9.13. The minimum absolute atomic E-state index is 0.248. The van der Waals surface area contributed by atoms with Crippen molar-refractivity contribution in [2.24, 2.45) is 0 Å². The molecular formula is C25H28N8O. The SMILES string of the molecule is C=O.CC(C)Nc1cc(-c2ccc3cc(C#N)cnn23)ncc1-c1cn(C2CCCCC2)nn1. The number of aromatic nitrogens is 6. The fourth-order valence-corrected chi connectivity index (χ4v) is 4.41. The monoisotopic (exact) mass is 456 g/mol. The number of carbonyl (C=O) groups excluding carboxylic acids is 1. The van der Waals surface area contributed by atoms with Gasteiger partial charge in [0.15, 0.2) is 0 Å². The van der Waals surface area contributed by atoms with E-state index in [1.807, 2.05) is 41.9 Å². The van der Waals surface area contributed by atoms with Crippen LogP contribution < -0.4 is 5.32 Å². The van der Waals surface area contributed by atoms with Crippen LogP contribution in [0.25, 0.3) is 28.2 Å². The average Bonchev–Trinajstić information content (AvgIpc) is 3.53. The number of hydrogen-bond acceptors (Lipinski definition) is 7. The molecule has 0 saturated heterocycles. The molecular weight excluding hydrogens is 428 g/mol. The molecule has 1 saturated carbocycles. The second-order valence-corrected chi connectivity index (χ2v) is 8.70. The number of nitrogens with one attached hydrogen (secondary N) is 1. The molecule has 0 amide bonds. The molecule has 0 aromatic carbocycles. The van der Waals surface area contributed by atoms with Crippen molar-refractivity contribution in [3.05, 3.63) is 48.4 Å². The van der Waals surface area contributed by atoms with Crippen molar-refractivity contribution in [1.29, 1.82) is 5.26 Å². The maximum atomic E-state index is 9.13. The van der Waals surface area contributed by atoms with Crippen molar-refractivity contribution in [2.75, 3.05) is 5.32 Å². The van der Waals surface area contributed by atoms with Gasteiger partial charge in [0.1, 0.15) is 18.6 Å². The van der Waals surface area contributed by atoms with Crippen LogP contribution >= 0.6 is 0 Å². The van der Waals surface area contributed by atoms with Crippen LogP contribution in [0.5, 0.6) is 0 Å². The molecule has 0 unspecified atom stereocenters. The zero-order valence-corrected chi connectivity index (χ0v) is 19.5. The van der Waals surface area contributed by atoms with Gasteiger partial charge in [-0.1, -0.05) is 24.5 Å². The van der Waals surface area contributed by atoms with E-state index in [-0.39, 0.29) is 6.04 Å². The first-order chi connectivity index (χ1) is 16.6. The van der Waals surface area contributed by atoms with Crippen molar-refractivity contribution < 1.29 is 4.79 Å². The fraction of sp³-hybridized carbons (Fsp3) is 0.360. The molecule has 1 N–H and O–H groups in total. The lowest BCUT2D eigenvalue weighted by molar-refractivity contribution is -0.0979. The Hall–Kier alpha value is -4.06. The van der Waals surface area contributed by atoms with E-state index in [1.165, 1.54) is 32.1 Å². The third-order valence-corrected chi connectivity index (χ3v) is 5.98. The number of pyridine rings is 1. The molecule has 1 fully saturated rings. The molecule has 5 rings (SSSR count). The van der Waals surface area contributed by atoms with Crippen LogP contribution in [0.2, 0.25) is 0 Å². The molecule has 0 radical (unpaired) electrons. The third kappa shape index (κ3) is 4.66. The van der Waals surface area contributed by atoms with Crippen molar-refractivity contribution >= 4 is 18.0 Å². The number of nitriles is 1. The van der Waals surface area contributed by atoms with Gasteiger partial charge in [-0.2, -0.15) is 10.4 Å². The summed E-state index contributed by atoms with van der Waals surface area (Å²) in [6.45, 7) is 6.22. The molecule has 0 bridgehead atoms. The van der Waals surface area contributed by atoms with Gasteiger partial charge in [0.2, 0.25) is 0 Å². The predicted octanol–water partition coefficient (Wildman–Crippen LogP) is 4.67. The van der Waals surface area contributed by atoms with Crippen LogP contribution in [-0.2, 0) is 4.79 Å². The second-order valence-electron chi connectivity index (χ2n) is 8.70. The van der Waals surface area contributed by atoms with Crippen LogP contribution in [0.3, 0.4) is 0 Å². The van der Waals surface area contributed by atoms with Gasteiger partial charge < -0.3 is 10.1 Å². The third-order valence-electron chi connectivity index (χ3n) is 5.98. The summed E-state index contributed by atoms with van der Waals surface area (Å²) in [5.74, 6) is 0. The smallest absolute Gasteiger partial charge is 0.116 e.